The molecule has 35 heavy (non-hydrogen) atoms. The molecule has 184 valence electrons. The molecule has 2 heterocycles. The van der Waals surface area contributed by atoms with Crippen LogP contribution in [0.15, 0.2) is 48.5 Å². The minimum Gasteiger partial charge on any atom is -0.394 e. The van der Waals surface area contributed by atoms with Gasteiger partial charge in [-0.25, -0.2) is 0 Å². The average molecular weight is 476 g/mol. The molecule has 0 aromatic heterocycles. The Morgan fingerprint density at radius 1 is 1.03 bits per heavy atom. The van der Waals surface area contributed by atoms with E-state index >= 15 is 0 Å². The average Bonchev–Trinajstić information content (AvgIpc) is 3.40. The van der Waals surface area contributed by atoms with Gasteiger partial charge in [0, 0.05) is 38.0 Å². The van der Waals surface area contributed by atoms with Gasteiger partial charge in [0.15, 0.2) is 0 Å². The Bertz CT molecular complexity index is 1120. The lowest BCUT2D eigenvalue weighted by Gasteiger charge is -2.59. The predicted octanol–water partition coefficient (Wildman–Crippen LogP) is 2.74. The summed E-state index contributed by atoms with van der Waals surface area (Å²) >= 11 is 0. The zero-order valence-electron chi connectivity index (χ0n) is 20.4. The van der Waals surface area contributed by atoms with Gasteiger partial charge in [0.1, 0.15) is 0 Å². The molecule has 0 spiro atoms. The number of fused-ring (bicyclic) bond motifs is 1. The second-order valence-electron chi connectivity index (χ2n) is 10.2. The predicted molar refractivity (Wildman–Crippen MR) is 133 cm³/mol. The van der Waals surface area contributed by atoms with Crippen LogP contribution >= 0.6 is 0 Å². The third-order valence-corrected chi connectivity index (χ3v) is 7.91. The van der Waals surface area contributed by atoms with Crippen LogP contribution in [0.4, 0.5) is 0 Å². The number of hydrogen-bond donors (Lipinski definition) is 1. The van der Waals surface area contributed by atoms with Gasteiger partial charge in [-0.3, -0.25) is 14.4 Å². The number of amides is 3. The maximum Gasteiger partial charge on any atom is 0.253 e. The molecule has 1 saturated carbocycles. The Balaban J connectivity index is 1.35. The van der Waals surface area contributed by atoms with Crippen LogP contribution in [0, 0.1) is 5.92 Å². The number of piperazine rings is 1. The van der Waals surface area contributed by atoms with Crippen LogP contribution in [0.25, 0.3) is 11.1 Å². The first-order valence-corrected chi connectivity index (χ1v) is 12.5. The van der Waals surface area contributed by atoms with Gasteiger partial charge in [-0.15, -0.1) is 0 Å². The number of aliphatic hydroxyl groups excluding tert-OH is 1. The minimum absolute atomic E-state index is 0.0150. The molecule has 2 saturated heterocycles. The number of carbonyl (C=O) groups excluding carboxylic acids is 3. The Morgan fingerprint density at radius 2 is 1.74 bits per heavy atom. The number of aliphatic hydroxyl groups is 1. The van der Waals surface area contributed by atoms with Crippen LogP contribution < -0.4 is 0 Å². The molecule has 2 aromatic carbocycles. The van der Waals surface area contributed by atoms with Gasteiger partial charge in [0.05, 0.1) is 25.2 Å². The van der Waals surface area contributed by atoms with Gasteiger partial charge in [-0.1, -0.05) is 49.2 Å². The highest BCUT2D eigenvalue weighted by atomic mass is 16.3. The first kappa shape index (κ1) is 23.5. The summed E-state index contributed by atoms with van der Waals surface area (Å²) in [4.78, 5) is 43.4. The Hall–Kier alpha value is -3.19. The highest BCUT2D eigenvalue weighted by Gasteiger charge is 2.54. The minimum atomic E-state index is -0.261. The van der Waals surface area contributed by atoms with Crippen LogP contribution in [-0.2, 0) is 9.59 Å². The first-order valence-electron chi connectivity index (χ1n) is 12.5. The van der Waals surface area contributed by atoms with Crippen molar-refractivity contribution in [2.75, 3.05) is 33.8 Å². The molecule has 3 atom stereocenters. The Labute approximate surface area is 206 Å². The van der Waals surface area contributed by atoms with E-state index in [2.05, 4.69) is 0 Å². The van der Waals surface area contributed by atoms with Crippen molar-refractivity contribution in [3.05, 3.63) is 59.7 Å². The van der Waals surface area contributed by atoms with Crippen LogP contribution in [0.5, 0.6) is 0 Å². The first-order chi connectivity index (χ1) is 16.9. The van der Waals surface area contributed by atoms with E-state index in [1.54, 1.807) is 28.8 Å². The van der Waals surface area contributed by atoms with Crippen molar-refractivity contribution in [1.82, 2.24) is 14.7 Å². The zero-order chi connectivity index (χ0) is 24.7. The fraction of sp³-hybridized carbons (Fsp3) is 0.464. The highest BCUT2D eigenvalue weighted by Crippen LogP contribution is 2.43. The van der Waals surface area contributed by atoms with E-state index in [0.29, 0.717) is 12.1 Å². The molecule has 7 nitrogen and oxygen atoms in total. The number of rotatable bonds is 5. The van der Waals surface area contributed by atoms with Crippen molar-refractivity contribution in [1.29, 1.82) is 0 Å². The molecule has 3 fully saturated rings. The summed E-state index contributed by atoms with van der Waals surface area (Å²) in [6.45, 7) is 0.550. The number of hydrogen-bond acceptors (Lipinski definition) is 4. The fourth-order valence-electron chi connectivity index (χ4n) is 6.09. The molecule has 0 radical (unpaired) electrons. The molecule has 2 aromatic rings. The van der Waals surface area contributed by atoms with Crippen LogP contribution in [0.2, 0.25) is 0 Å². The van der Waals surface area contributed by atoms with Crippen molar-refractivity contribution in [2.24, 2.45) is 5.92 Å². The summed E-state index contributed by atoms with van der Waals surface area (Å²) in [6.07, 6.45) is 4.01. The molecular formula is C28H33N3O4. The molecule has 3 aliphatic rings. The summed E-state index contributed by atoms with van der Waals surface area (Å²) in [5.41, 5.74) is 3.65. The summed E-state index contributed by atoms with van der Waals surface area (Å²) in [5, 5.41) is 10.1. The maximum atomic E-state index is 13.0. The van der Waals surface area contributed by atoms with Crippen molar-refractivity contribution >= 4 is 17.7 Å². The van der Waals surface area contributed by atoms with Gasteiger partial charge < -0.3 is 19.8 Å². The SMILES string of the molecule is CN(C)C(=O)c1cccc(-c2ccc([C@H]3[C@H](CO)N4C(=O)CN(C(=O)C5CCCC5)C[C@@H]34)cc2)c1. The topological polar surface area (TPSA) is 81.2 Å². The van der Waals surface area contributed by atoms with Gasteiger partial charge in [0.25, 0.3) is 5.91 Å². The summed E-state index contributed by atoms with van der Waals surface area (Å²) < 4.78 is 0. The van der Waals surface area contributed by atoms with E-state index in [0.717, 1.165) is 42.4 Å². The second kappa shape index (κ2) is 9.46. The monoisotopic (exact) mass is 475 g/mol. The van der Waals surface area contributed by atoms with Gasteiger partial charge in [-0.05, 0) is 41.7 Å². The van der Waals surface area contributed by atoms with E-state index in [-0.39, 0.29) is 54.8 Å². The Morgan fingerprint density at radius 3 is 2.40 bits per heavy atom. The quantitative estimate of drug-likeness (QED) is 0.721. The Kier molecular flexibility index (Phi) is 6.36. The molecule has 2 aliphatic heterocycles. The molecular weight excluding hydrogens is 442 g/mol. The number of benzene rings is 2. The molecule has 1 N–H and O–H groups in total. The number of nitrogens with zero attached hydrogens (tertiary/aromatic N) is 3. The van der Waals surface area contributed by atoms with Crippen LogP contribution in [0.3, 0.4) is 0 Å². The van der Waals surface area contributed by atoms with Gasteiger partial charge in [-0.2, -0.15) is 0 Å². The normalized spacial score (nSPS) is 24.2. The van der Waals surface area contributed by atoms with Crippen molar-refractivity contribution in [2.45, 2.75) is 43.7 Å². The lowest BCUT2D eigenvalue weighted by molar-refractivity contribution is -0.168. The second-order valence-corrected chi connectivity index (χ2v) is 10.2. The third kappa shape index (κ3) is 4.22. The van der Waals surface area contributed by atoms with E-state index < -0.39 is 0 Å². The maximum absolute atomic E-state index is 13.0. The molecule has 1 aliphatic carbocycles. The highest BCUT2D eigenvalue weighted by molar-refractivity contribution is 5.95. The van der Waals surface area contributed by atoms with E-state index in [9.17, 15) is 19.5 Å². The summed E-state index contributed by atoms with van der Waals surface area (Å²) in [5.74, 6) is 0.0448. The van der Waals surface area contributed by atoms with E-state index in [1.807, 2.05) is 48.5 Å². The van der Waals surface area contributed by atoms with E-state index in [4.69, 9.17) is 0 Å². The third-order valence-electron chi connectivity index (χ3n) is 7.91. The standard InChI is InChI=1S/C28H33N3O4/c1-29(2)27(34)22-9-5-8-21(14-22)18-10-12-19(13-11-18)26-23-15-30(28(35)20-6-3-4-7-20)16-25(33)31(23)24(26)17-32/h5,8-14,20,23-24,26,32H,3-4,6-7,15-17H2,1-2H3/t23-,24-,26+/m0/s1. The van der Waals surface area contributed by atoms with Crippen molar-refractivity contribution in [3.63, 3.8) is 0 Å². The lowest BCUT2D eigenvalue weighted by Crippen LogP contribution is -2.73. The van der Waals surface area contributed by atoms with Crippen LogP contribution in [0.1, 0.15) is 47.5 Å². The van der Waals surface area contributed by atoms with Crippen molar-refractivity contribution < 1.29 is 19.5 Å². The number of carbonyl (C=O) groups is 3. The summed E-state index contributed by atoms with van der Waals surface area (Å²) in [6, 6.07) is 15.3. The summed E-state index contributed by atoms with van der Waals surface area (Å²) in [7, 11) is 3.48. The molecule has 5 rings (SSSR count). The van der Waals surface area contributed by atoms with Gasteiger partial charge >= 0.3 is 0 Å². The van der Waals surface area contributed by atoms with Gasteiger partial charge in [0.2, 0.25) is 11.8 Å². The fourth-order valence-corrected chi connectivity index (χ4v) is 6.09. The lowest BCUT2D eigenvalue weighted by atomic mass is 9.73. The zero-order valence-corrected chi connectivity index (χ0v) is 20.4. The van der Waals surface area contributed by atoms with E-state index in [1.165, 1.54) is 0 Å². The van der Waals surface area contributed by atoms with Crippen LogP contribution in [-0.4, -0.2) is 83.4 Å². The smallest absolute Gasteiger partial charge is 0.253 e. The molecule has 0 unspecified atom stereocenters. The molecule has 3 amide bonds. The molecule has 7 heteroatoms. The van der Waals surface area contributed by atoms with Crippen molar-refractivity contribution in [3.8, 4) is 11.1 Å². The largest absolute Gasteiger partial charge is 0.394 e. The molecule has 0 bridgehead atoms.